The van der Waals surface area contributed by atoms with Gasteiger partial charge in [0.1, 0.15) is 0 Å². The summed E-state index contributed by atoms with van der Waals surface area (Å²) in [4.78, 5) is 28.9. The molecule has 5 nitrogen and oxygen atoms in total. The van der Waals surface area contributed by atoms with Gasteiger partial charge in [-0.3, -0.25) is 4.79 Å². The predicted molar refractivity (Wildman–Crippen MR) is 108 cm³/mol. The van der Waals surface area contributed by atoms with Gasteiger partial charge in [-0.2, -0.15) is 0 Å². The van der Waals surface area contributed by atoms with E-state index in [-0.39, 0.29) is 11.9 Å². The van der Waals surface area contributed by atoms with Crippen LogP contribution in [0, 0.1) is 13.8 Å². The maximum atomic E-state index is 12.8. The molecule has 3 amide bonds. The Bertz CT molecular complexity index is 804. The molecule has 142 valence electrons. The van der Waals surface area contributed by atoms with E-state index in [1.165, 1.54) is 5.56 Å². The van der Waals surface area contributed by atoms with Gasteiger partial charge in [-0.25, -0.2) is 4.79 Å². The first-order valence-electron chi connectivity index (χ1n) is 9.48. The summed E-state index contributed by atoms with van der Waals surface area (Å²) in [5.74, 6) is 0.133. The first-order chi connectivity index (χ1) is 13.0. The van der Waals surface area contributed by atoms with Crippen LogP contribution in [-0.2, 0) is 11.2 Å². The molecule has 0 saturated carbocycles. The molecule has 1 aliphatic rings. The molecule has 0 spiro atoms. The number of para-hydroxylation sites is 1. The number of hydrogen-bond donors (Lipinski definition) is 1. The van der Waals surface area contributed by atoms with Crippen molar-refractivity contribution >= 4 is 17.6 Å². The van der Waals surface area contributed by atoms with Crippen molar-refractivity contribution in [2.24, 2.45) is 0 Å². The Morgan fingerprint density at radius 1 is 0.926 bits per heavy atom. The maximum absolute atomic E-state index is 12.8. The summed E-state index contributed by atoms with van der Waals surface area (Å²) in [5, 5.41) is 2.92. The Morgan fingerprint density at radius 2 is 1.63 bits per heavy atom. The Balaban J connectivity index is 1.56. The summed E-state index contributed by atoms with van der Waals surface area (Å²) < 4.78 is 0. The van der Waals surface area contributed by atoms with Gasteiger partial charge in [0.05, 0.1) is 6.42 Å². The number of carbonyl (C=O) groups is 2. The third-order valence-electron chi connectivity index (χ3n) is 5.01. The zero-order valence-electron chi connectivity index (χ0n) is 16.1. The lowest BCUT2D eigenvalue weighted by atomic mass is 10.0. The molecule has 0 bridgehead atoms. The van der Waals surface area contributed by atoms with Crippen molar-refractivity contribution in [2.75, 3.05) is 31.5 Å². The zero-order valence-corrected chi connectivity index (χ0v) is 16.1. The van der Waals surface area contributed by atoms with Gasteiger partial charge in [0, 0.05) is 31.9 Å². The minimum Gasteiger partial charge on any atom is -0.341 e. The number of carbonyl (C=O) groups excluding carboxylic acids is 2. The van der Waals surface area contributed by atoms with Crippen molar-refractivity contribution < 1.29 is 9.59 Å². The highest BCUT2D eigenvalue weighted by Gasteiger charge is 2.22. The van der Waals surface area contributed by atoms with Gasteiger partial charge in [-0.1, -0.05) is 42.0 Å². The van der Waals surface area contributed by atoms with Gasteiger partial charge >= 0.3 is 6.03 Å². The van der Waals surface area contributed by atoms with Crippen molar-refractivity contribution in [3.8, 4) is 0 Å². The molecule has 1 N–H and O–H groups in total. The molecule has 1 heterocycles. The molecule has 0 aromatic heterocycles. The average Bonchev–Trinajstić information content (AvgIpc) is 2.92. The number of amides is 3. The molecule has 1 saturated heterocycles. The molecule has 0 radical (unpaired) electrons. The molecular formula is C22H27N3O2. The van der Waals surface area contributed by atoms with E-state index in [9.17, 15) is 9.59 Å². The van der Waals surface area contributed by atoms with Crippen LogP contribution in [0.5, 0.6) is 0 Å². The second-order valence-electron chi connectivity index (χ2n) is 7.12. The van der Waals surface area contributed by atoms with Crippen LogP contribution in [0.25, 0.3) is 0 Å². The summed E-state index contributed by atoms with van der Waals surface area (Å²) in [6.07, 6.45) is 1.21. The van der Waals surface area contributed by atoms with E-state index in [0.717, 1.165) is 23.2 Å². The summed E-state index contributed by atoms with van der Waals surface area (Å²) in [6, 6.07) is 15.6. The summed E-state index contributed by atoms with van der Waals surface area (Å²) in [5.41, 5.74) is 4.19. The second-order valence-corrected chi connectivity index (χ2v) is 7.12. The number of rotatable bonds is 3. The number of benzene rings is 2. The molecule has 1 fully saturated rings. The van der Waals surface area contributed by atoms with Crippen LogP contribution in [0.15, 0.2) is 48.5 Å². The normalized spacial score (nSPS) is 14.6. The molecule has 27 heavy (non-hydrogen) atoms. The Morgan fingerprint density at radius 3 is 2.41 bits per heavy atom. The number of aryl methyl sites for hydroxylation is 2. The van der Waals surface area contributed by atoms with Crippen LogP contribution in [0.1, 0.15) is 23.1 Å². The third kappa shape index (κ3) is 5.09. The molecule has 0 unspecified atom stereocenters. The molecule has 5 heteroatoms. The van der Waals surface area contributed by atoms with Gasteiger partial charge in [0.25, 0.3) is 0 Å². The summed E-state index contributed by atoms with van der Waals surface area (Å²) in [7, 11) is 0. The highest BCUT2D eigenvalue weighted by atomic mass is 16.2. The van der Waals surface area contributed by atoms with E-state index in [1.54, 1.807) is 4.90 Å². The molecule has 2 aromatic rings. The maximum Gasteiger partial charge on any atom is 0.321 e. The topological polar surface area (TPSA) is 52.7 Å². The fourth-order valence-corrected chi connectivity index (χ4v) is 3.36. The monoisotopic (exact) mass is 365 g/mol. The number of anilines is 1. The Hall–Kier alpha value is -2.82. The van der Waals surface area contributed by atoms with Crippen LogP contribution >= 0.6 is 0 Å². The van der Waals surface area contributed by atoms with Crippen LogP contribution in [0.4, 0.5) is 10.5 Å². The largest absolute Gasteiger partial charge is 0.341 e. The standard InChI is InChI=1S/C22H27N3O2/c1-17-9-10-18(2)19(15-17)16-21(26)24-11-6-12-25(14-13-24)22(27)23-20-7-4-3-5-8-20/h3-5,7-10,15H,6,11-14,16H2,1-2H3,(H,23,27). The highest BCUT2D eigenvalue weighted by molar-refractivity contribution is 5.89. The van der Waals surface area contributed by atoms with Crippen molar-refractivity contribution in [3.63, 3.8) is 0 Å². The average molecular weight is 365 g/mol. The summed E-state index contributed by atoms with van der Waals surface area (Å²) in [6.45, 7) is 6.57. The van der Waals surface area contributed by atoms with Crippen molar-refractivity contribution in [3.05, 3.63) is 65.2 Å². The molecule has 3 rings (SSSR count). The van der Waals surface area contributed by atoms with Gasteiger partial charge in [0.2, 0.25) is 5.91 Å². The lowest BCUT2D eigenvalue weighted by Gasteiger charge is -2.23. The number of urea groups is 1. The number of nitrogens with zero attached hydrogens (tertiary/aromatic N) is 2. The zero-order chi connectivity index (χ0) is 19.2. The molecule has 2 aromatic carbocycles. The van der Waals surface area contributed by atoms with E-state index in [4.69, 9.17) is 0 Å². The van der Waals surface area contributed by atoms with Crippen molar-refractivity contribution in [1.82, 2.24) is 9.80 Å². The SMILES string of the molecule is Cc1ccc(C)c(CC(=O)N2CCCN(C(=O)Nc3ccccc3)CC2)c1. The molecule has 1 aliphatic heterocycles. The lowest BCUT2D eigenvalue weighted by molar-refractivity contribution is -0.130. The number of hydrogen-bond acceptors (Lipinski definition) is 2. The molecular weight excluding hydrogens is 338 g/mol. The lowest BCUT2D eigenvalue weighted by Crippen LogP contribution is -2.39. The van der Waals surface area contributed by atoms with E-state index in [2.05, 4.69) is 23.5 Å². The minimum absolute atomic E-state index is 0.106. The fraction of sp³-hybridized carbons (Fsp3) is 0.364. The first-order valence-corrected chi connectivity index (χ1v) is 9.48. The smallest absolute Gasteiger partial charge is 0.321 e. The summed E-state index contributed by atoms with van der Waals surface area (Å²) >= 11 is 0. The van der Waals surface area contributed by atoms with E-state index < -0.39 is 0 Å². The van der Waals surface area contributed by atoms with E-state index in [1.807, 2.05) is 49.1 Å². The van der Waals surface area contributed by atoms with Gasteiger partial charge in [-0.15, -0.1) is 0 Å². The number of nitrogens with one attached hydrogen (secondary N) is 1. The van der Waals surface area contributed by atoms with E-state index in [0.29, 0.717) is 32.6 Å². The first kappa shape index (κ1) is 19.0. The molecule has 0 aliphatic carbocycles. The Kier molecular flexibility index (Phi) is 6.12. The van der Waals surface area contributed by atoms with Crippen molar-refractivity contribution in [1.29, 1.82) is 0 Å². The van der Waals surface area contributed by atoms with Crippen LogP contribution in [0.2, 0.25) is 0 Å². The van der Waals surface area contributed by atoms with Crippen LogP contribution in [-0.4, -0.2) is 47.9 Å². The van der Waals surface area contributed by atoms with E-state index >= 15 is 0 Å². The van der Waals surface area contributed by atoms with Crippen LogP contribution < -0.4 is 5.32 Å². The van der Waals surface area contributed by atoms with Gasteiger partial charge in [0.15, 0.2) is 0 Å². The van der Waals surface area contributed by atoms with Gasteiger partial charge in [-0.05, 0) is 43.5 Å². The van der Waals surface area contributed by atoms with Crippen LogP contribution in [0.3, 0.4) is 0 Å². The quantitative estimate of drug-likeness (QED) is 0.903. The highest BCUT2D eigenvalue weighted by Crippen LogP contribution is 2.14. The minimum atomic E-state index is -0.106. The van der Waals surface area contributed by atoms with Crippen molar-refractivity contribution in [2.45, 2.75) is 26.7 Å². The Labute approximate surface area is 161 Å². The molecule has 0 atom stereocenters. The fourth-order valence-electron chi connectivity index (χ4n) is 3.36. The van der Waals surface area contributed by atoms with Gasteiger partial charge < -0.3 is 15.1 Å². The predicted octanol–water partition coefficient (Wildman–Crippen LogP) is 3.61. The third-order valence-corrected chi connectivity index (χ3v) is 5.01. The second kappa shape index (κ2) is 8.71.